The van der Waals surface area contributed by atoms with Crippen molar-refractivity contribution < 1.29 is 4.79 Å². The largest absolute Gasteiger partial charge is 0.396 e. The lowest BCUT2D eigenvalue weighted by Gasteiger charge is -2.11. The summed E-state index contributed by atoms with van der Waals surface area (Å²) in [6.07, 6.45) is 5.44. The molecule has 0 unspecified atom stereocenters. The maximum absolute atomic E-state index is 12.2. The van der Waals surface area contributed by atoms with Gasteiger partial charge in [0.25, 0.3) is 5.91 Å². The molecule has 0 fully saturated rings. The monoisotopic (exact) mass is 341 g/mol. The Bertz CT molecular complexity index is 913. The molecule has 2 heterocycles. The van der Waals surface area contributed by atoms with Crippen LogP contribution in [0.2, 0.25) is 5.02 Å². The van der Waals surface area contributed by atoms with Gasteiger partial charge in [-0.25, -0.2) is 15.0 Å². The number of nitrogens with two attached hydrogens (primary N) is 1. The van der Waals surface area contributed by atoms with Gasteiger partial charge in [0.15, 0.2) is 5.69 Å². The molecule has 0 atom stereocenters. The van der Waals surface area contributed by atoms with Crippen molar-refractivity contribution in [2.45, 2.75) is 13.3 Å². The minimum atomic E-state index is -0.276. The molecule has 3 rings (SSSR count). The number of rotatable bonds is 4. The molecule has 0 bridgehead atoms. The van der Waals surface area contributed by atoms with E-state index < -0.39 is 0 Å². The van der Waals surface area contributed by atoms with Crippen LogP contribution in [0.4, 0.5) is 5.69 Å². The van der Waals surface area contributed by atoms with Gasteiger partial charge in [-0.2, -0.15) is 0 Å². The van der Waals surface area contributed by atoms with E-state index in [2.05, 4.69) is 20.3 Å². The fraction of sp³-hybridized carbons (Fsp3) is 0.176. The number of hydrogen-bond donors (Lipinski definition) is 2. The van der Waals surface area contributed by atoms with Crippen LogP contribution >= 0.6 is 11.6 Å². The van der Waals surface area contributed by atoms with Gasteiger partial charge >= 0.3 is 0 Å². The Hall–Kier alpha value is -2.73. The van der Waals surface area contributed by atoms with Crippen molar-refractivity contribution in [2.24, 2.45) is 0 Å². The molecule has 0 aliphatic heterocycles. The highest BCUT2D eigenvalue weighted by molar-refractivity contribution is 6.33. The minimum Gasteiger partial charge on any atom is -0.396 e. The van der Waals surface area contributed by atoms with Crippen LogP contribution in [0.15, 0.2) is 36.9 Å². The second kappa shape index (κ2) is 6.80. The molecule has 1 amide bonds. The highest BCUT2D eigenvalue weighted by atomic mass is 35.5. The summed E-state index contributed by atoms with van der Waals surface area (Å²) in [5, 5.41) is 4.74. The number of carbonyl (C=O) groups is 1. The van der Waals surface area contributed by atoms with Crippen LogP contribution in [0.3, 0.4) is 0 Å². The summed E-state index contributed by atoms with van der Waals surface area (Å²) < 4.78 is 0. The van der Waals surface area contributed by atoms with E-state index >= 15 is 0 Å². The van der Waals surface area contributed by atoms with E-state index in [0.717, 1.165) is 22.8 Å². The van der Waals surface area contributed by atoms with Gasteiger partial charge in [0.2, 0.25) is 0 Å². The van der Waals surface area contributed by atoms with Gasteiger partial charge in [-0.1, -0.05) is 36.7 Å². The van der Waals surface area contributed by atoms with Crippen molar-refractivity contribution in [3.8, 4) is 11.3 Å². The number of carbonyl (C=O) groups excluding carboxylic acids is 1. The molecule has 2 aromatic heterocycles. The lowest BCUT2D eigenvalue weighted by atomic mass is 10.0. The van der Waals surface area contributed by atoms with Crippen LogP contribution in [-0.2, 0) is 0 Å². The number of nitrogen functional groups attached to an aromatic ring is 1. The van der Waals surface area contributed by atoms with Crippen LogP contribution in [0.25, 0.3) is 22.0 Å². The molecule has 0 saturated heterocycles. The molecule has 3 aromatic rings. The summed E-state index contributed by atoms with van der Waals surface area (Å²) in [5.41, 5.74) is 8.14. The van der Waals surface area contributed by atoms with Crippen LogP contribution in [0.1, 0.15) is 23.8 Å². The number of aromatic nitrogens is 3. The Labute approximate surface area is 144 Å². The van der Waals surface area contributed by atoms with Crippen molar-refractivity contribution in [1.82, 2.24) is 20.3 Å². The highest BCUT2D eigenvalue weighted by Crippen LogP contribution is 2.33. The van der Waals surface area contributed by atoms with Gasteiger partial charge in [0.1, 0.15) is 6.33 Å². The molecule has 24 heavy (non-hydrogen) atoms. The van der Waals surface area contributed by atoms with Crippen molar-refractivity contribution in [3.63, 3.8) is 0 Å². The molecule has 0 aliphatic rings. The average molecular weight is 342 g/mol. The number of fused-ring (bicyclic) bond motifs is 1. The first-order valence-electron chi connectivity index (χ1n) is 7.54. The number of benzene rings is 1. The zero-order valence-electron chi connectivity index (χ0n) is 13.1. The van der Waals surface area contributed by atoms with Gasteiger partial charge < -0.3 is 11.1 Å². The van der Waals surface area contributed by atoms with Crippen LogP contribution in [0.5, 0.6) is 0 Å². The summed E-state index contributed by atoms with van der Waals surface area (Å²) in [5.74, 6) is -0.276. The molecule has 0 saturated carbocycles. The van der Waals surface area contributed by atoms with Crippen molar-refractivity contribution >= 4 is 34.0 Å². The van der Waals surface area contributed by atoms with E-state index in [-0.39, 0.29) is 11.6 Å². The predicted molar refractivity (Wildman–Crippen MR) is 94.8 cm³/mol. The summed E-state index contributed by atoms with van der Waals surface area (Å²) in [7, 11) is 0. The SMILES string of the molecule is CCCNC(=O)c1ncc2c(-c3ncncc3Cl)cccc2c1N. The van der Waals surface area contributed by atoms with E-state index in [0.29, 0.717) is 22.9 Å². The van der Waals surface area contributed by atoms with Crippen molar-refractivity contribution in [1.29, 1.82) is 0 Å². The maximum Gasteiger partial charge on any atom is 0.272 e. The summed E-state index contributed by atoms with van der Waals surface area (Å²) in [6, 6.07) is 5.58. The first kappa shape index (κ1) is 16.1. The lowest BCUT2D eigenvalue weighted by Crippen LogP contribution is -2.26. The van der Waals surface area contributed by atoms with Gasteiger partial charge in [0, 0.05) is 35.3 Å². The van der Waals surface area contributed by atoms with Gasteiger partial charge in [0.05, 0.1) is 16.4 Å². The molecule has 0 spiro atoms. The Kier molecular flexibility index (Phi) is 4.57. The van der Waals surface area contributed by atoms with E-state index in [9.17, 15) is 4.79 Å². The van der Waals surface area contributed by atoms with E-state index in [1.54, 1.807) is 6.20 Å². The molecule has 3 N–H and O–H groups in total. The topological polar surface area (TPSA) is 93.8 Å². The third-order valence-corrected chi connectivity index (χ3v) is 3.92. The third kappa shape index (κ3) is 2.88. The molecular weight excluding hydrogens is 326 g/mol. The lowest BCUT2D eigenvalue weighted by molar-refractivity contribution is 0.0950. The van der Waals surface area contributed by atoms with E-state index in [1.165, 1.54) is 12.5 Å². The molecule has 122 valence electrons. The van der Waals surface area contributed by atoms with E-state index in [4.69, 9.17) is 17.3 Å². The maximum atomic E-state index is 12.2. The van der Waals surface area contributed by atoms with Crippen molar-refractivity contribution in [2.75, 3.05) is 12.3 Å². The Balaban J connectivity index is 2.15. The molecule has 1 aromatic carbocycles. The molecule has 7 heteroatoms. The zero-order chi connectivity index (χ0) is 17.1. The van der Waals surface area contributed by atoms with Gasteiger partial charge in [-0.05, 0) is 6.42 Å². The number of pyridine rings is 1. The molecule has 0 radical (unpaired) electrons. The quantitative estimate of drug-likeness (QED) is 0.760. The Morgan fingerprint density at radius 3 is 2.83 bits per heavy atom. The smallest absolute Gasteiger partial charge is 0.272 e. The zero-order valence-corrected chi connectivity index (χ0v) is 13.8. The second-order valence-electron chi connectivity index (χ2n) is 5.26. The number of hydrogen-bond acceptors (Lipinski definition) is 5. The number of nitrogens with zero attached hydrogens (tertiary/aromatic N) is 3. The van der Waals surface area contributed by atoms with E-state index in [1.807, 2.05) is 25.1 Å². The third-order valence-electron chi connectivity index (χ3n) is 3.65. The predicted octanol–water partition coefficient (Wildman–Crippen LogP) is 3.07. The Morgan fingerprint density at radius 1 is 1.25 bits per heavy atom. The fourth-order valence-electron chi connectivity index (χ4n) is 2.49. The summed E-state index contributed by atoms with van der Waals surface area (Å²) >= 11 is 6.20. The molecular formula is C17H16ClN5O. The number of amides is 1. The van der Waals surface area contributed by atoms with Crippen LogP contribution in [0, 0.1) is 0 Å². The summed E-state index contributed by atoms with van der Waals surface area (Å²) in [6.45, 7) is 2.56. The minimum absolute atomic E-state index is 0.224. The normalized spacial score (nSPS) is 10.8. The first-order valence-corrected chi connectivity index (χ1v) is 7.92. The van der Waals surface area contributed by atoms with Gasteiger partial charge in [-0.3, -0.25) is 4.79 Å². The van der Waals surface area contributed by atoms with Gasteiger partial charge in [-0.15, -0.1) is 0 Å². The fourth-order valence-corrected chi connectivity index (χ4v) is 2.69. The number of nitrogens with one attached hydrogen (secondary N) is 1. The number of halogens is 1. The Morgan fingerprint density at radius 2 is 2.08 bits per heavy atom. The molecule has 6 nitrogen and oxygen atoms in total. The number of anilines is 1. The summed E-state index contributed by atoms with van der Waals surface area (Å²) in [4.78, 5) is 24.6. The van der Waals surface area contributed by atoms with Crippen molar-refractivity contribution in [3.05, 3.63) is 47.6 Å². The average Bonchev–Trinajstić information content (AvgIpc) is 2.60. The van der Waals surface area contributed by atoms with Crippen LogP contribution < -0.4 is 11.1 Å². The first-order chi connectivity index (χ1) is 11.6. The highest BCUT2D eigenvalue weighted by Gasteiger charge is 2.16. The standard InChI is InChI=1S/C17H16ClN5O/c1-2-6-21-17(24)16-14(19)10-4-3-5-11(12(10)7-22-16)15-13(18)8-20-9-23-15/h3-5,7-9H,2,6,19H2,1H3,(H,21,24). The van der Waals surface area contributed by atoms with Crippen LogP contribution in [-0.4, -0.2) is 27.4 Å². The molecule has 0 aliphatic carbocycles. The second-order valence-corrected chi connectivity index (χ2v) is 5.67.